The molecule has 2 aliphatic heterocycles. The first-order valence-corrected chi connectivity index (χ1v) is 9.95. The summed E-state index contributed by atoms with van der Waals surface area (Å²) in [5, 5.41) is 2.88. The lowest BCUT2D eigenvalue weighted by Crippen LogP contribution is -2.49. The van der Waals surface area contributed by atoms with Crippen LogP contribution in [0.3, 0.4) is 0 Å². The molecule has 3 amide bonds. The highest BCUT2D eigenvalue weighted by atomic mass is 16.2. The van der Waals surface area contributed by atoms with Gasteiger partial charge in [-0.15, -0.1) is 0 Å². The van der Waals surface area contributed by atoms with Gasteiger partial charge in [-0.25, -0.2) is 4.79 Å². The molecule has 2 saturated heterocycles. The van der Waals surface area contributed by atoms with Gasteiger partial charge in [-0.05, 0) is 44.9 Å². The highest BCUT2D eigenvalue weighted by molar-refractivity contribution is 5.80. The van der Waals surface area contributed by atoms with E-state index >= 15 is 0 Å². The number of allylic oxidation sites excluding steroid dienone is 2. The van der Waals surface area contributed by atoms with Crippen LogP contribution < -0.4 is 5.32 Å². The standard InChI is InChI=1S/C19H32N4O2/c1-2-11-22(16-6-4-3-5-7-16)18(24)15-21-12-8-17(9-13-21)23-14-10-20-19(23)25/h6,17H,2-5,7-15H2,1H3,(H,20,25). The van der Waals surface area contributed by atoms with E-state index in [1.807, 2.05) is 9.80 Å². The molecule has 6 heteroatoms. The second kappa shape index (κ2) is 8.70. The molecule has 0 radical (unpaired) electrons. The van der Waals surface area contributed by atoms with E-state index in [0.29, 0.717) is 12.6 Å². The maximum absolute atomic E-state index is 12.9. The maximum atomic E-state index is 12.9. The van der Waals surface area contributed by atoms with Gasteiger partial charge >= 0.3 is 6.03 Å². The lowest BCUT2D eigenvalue weighted by atomic mass is 10.0. The van der Waals surface area contributed by atoms with E-state index in [1.165, 1.54) is 18.5 Å². The number of carbonyl (C=O) groups is 2. The summed E-state index contributed by atoms with van der Waals surface area (Å²) in [6.07, 6.45) is 9.78. The Kier molecular flexibility index (Phi) is 6.34. The van der Waals surface area contributed by atoms with Gasteiger partial charge in [0.25, 0.3) is 0 Å². The third kappa shape index (κ3) is 4.54. The van der Waals surface area contributed by atoms with Gasteiger partial charge in [0, 0.05) is 44.5 Å². The van der Waals surface area contributed by atoms with Crippen LogP contribution in [0.15, 0.2) is 11.8 Å². The van der Waals surface area contributed by atoms with Crippen molar-refractivity contribution in [2.24, 2.45) is 0 Å². The molecule has 6 nitrogen and oxygen atoms in total. The third-order valence-corrected chi connectivity index (χ3v) is 5.61. The number of likely N-dealkylation sites (tertiary alicyclic amines) is 1. The third-order valence-electron chi connectivity index (χ3n) is 5.61. The summed E-state index contributed by atoms with van der Waals surface area (Å²) < 4.78 is 0. The molecule has 0 saturated carbocycles. The van der Waals surface area contributed by atoms with Crippen molar-refractivity contribution in [3.63, 3.8) is 0 Å². The van der Waals surface area contributed by atoms with E-state index in [9.17, 15) is 9.59 Å². The van der Waals surface area contributed by atoms with Gasteiger partial charge in [-0.3, -0.25) is 9.69 Å². The molecule has 0 bridgehead atoms. The molecule has 3 aliphatic rings. The second-order valence-electron chi connectivity index (χ2n) is 7.42. The largest absolute Gasteiger partial charge is 0.336 e. The average Bonchev–Trinajstić information content (AvgIpc) is 3.07. The molecule has 0 spiro atoms. The molecule has 0 aromatic heterocycles. The number of amides is 3. The highest BCUT2D eigenvalue weighted by Gasteiger charge is 2.31. The normalized spacial score (nSPS) is 22.7. The Bertz CT molecular complexity index is 512. The predicted octanol–water partition coefficient (Wildman–Crippen LogP) is 2.17. The van der Waals surface area contributed by atoms with Crippen molar-refractivity contribution in [2.75, 3.05) is 39.3 Å². The first kappa shape index (κ1) is 18.2. The zero-order chi connectivity index (χ0) is 17.6. The first-order valence-electron chi connectivity index (χ1n) is 9.95. The van der Waals surface area contributed by atoms with Crippen LogP contribution >= 0.6 is 0 Å². The molecule has 25 heavy (non-hydrogen) atoms. The zero-order valence-corrected chi connectivity index (χ0v) is 15.5. The fourth-order valence-electron chi connectivity index (χ4n) is 4.22. The van der Waals surface area contributed by atoms with Gasteiger partial charge in [0.2, 0.25) is 5.91 Å². The van der Waals surface area contributed by atoms with E-state index in [2.05, 4.69) is 23.2 Å². The fraction of sp³-hybridized carbons (Fsp3) is 0.789. The summed E-state index contributed by atoms with van der Waals surface area (Å²) >= 11 is 0. The first-order chi connectivity index (χ1) is 12.2. The van der Waals surface area contributed by atoms with Gasteiger partial charge in [0.15, 0.2) is 0 Å². The minimum Gasteiger partial charge on any atom is -0.336 e. The Hall–Kier alpha value is -1.56. The van der Waals surface area contributed by atoms with E-state index in [1.54, 1.807) is 0 Å². The lowest BCUT2D eigenvalue weighted by Gasteiger charge is -2.37. The van der Waals surface area contributed by atoms with Crippen molar-refractivity contribution in [1.29, 1.82) is 0 Å². The molecule has 0 unspecified atom stereocenters. The van der Waals surface area contributed by atoms with Crippen LogP contribution in [-0.4, -0.2) is 71.9 Å². The van der Waals surface area contributed by atoms with Gasteiger partial charge in [0.1, 0.15) is 0 Å². The molecule has 1 aliphatic carbocycles. The van der Waals surface area contributed by atoms with Crippen LogP contribution in [0.25, 0.3) is 0 Å². The van der Waals surface area contributed by atoms with Crippen LogP contribution in [-0.2, 0) is 4.79 Å². The second-order valence-corrected chi connectivity index (χ2v) is 7.42. The van der Waals surface area contributed by atoms with Crippen LogP contribution in [0.1, 0.15) is 51.9 Å². The zero-order valence-electron chi connectivity index (χ0n) is 15.5. The van der Waals surface area contributed by atoms with Crippen LogP contribution in [0.4, 0.5) is 4.79 Å². The minimum atomic E-state index is 0.0767. The molecule has 0 aromatic carbocycles. The smallest absolute Gasteiger partial charge is 0.317 e. The highest BCUT2D eigenvalue weighted by Crippen LogP contribution is 2.23. The molecule has 2 fully saturated rings. The summed E-state index contributed by atoms with van der Waals surface area (Å²) in [6, 6.07) is 0.412. The Morgan fingerprint density at radius 3 is 2.68 bits per heavy atom. The average molecular weight is 348 g/mol. The Labute approximate surface area is 151 Å². The molecular formula is C19H32N4O2. The summed E-state index contributed by atoms with van der Waals surface area (Å²) in [4.78, 5) is 30.9. The van der Waals surface area contributed by atoms with Gasteiger partial charge in [-0.2, -0.15) is 0 Å². The van der Waals surface area contributed by atoms with E-state index in [-0.39, 0.29) is 11.9 Å². The lowest BCUT2D eigenvalue weighted by molar-refractivity contribution is -0.131. The summed E-state index contributed by atoms with van der Waals surface area (Å²) in [7, 11) is 0. The van der Waals surface area contributed by atoms with Gasteiger partial charge in [0.05, 0.1) is 6.54 Å². The SMILES string of the molecule is CCCN(C(=O)CN1CCC(N2CCNC2=O)CC1)C1=CCCCC1. The van der Waals surface area contributed by atoms with Crippen molar-refractivity contribution in [1.82, 2.24) is 20.0 Å². The Morgan fingerprint density at radius 2 is 2.08 bits per heavy atom. The number of carbonyl (C=O) groups excluding carboxylic acids is 2. The minimum absolute atomic E-state index is 0.0767. The Balaban J connectivity index is 1.50. The molecule has 1 N–H and O–H groups in total. The van der Waals surface area contributed by atoms with Gasteiger partial charge < -0.3 is 15.1 Å². The molecule has 0 atom stereocenters. The monoisotopic (exact) mass is 348 g/mol. The molecular weight excluding hydrogens is 316 g/mol. The number of urea groups is 1. The molecule has 2 heterocycles. The van der Waals surface area contributed by atoms with Crippen molar-refractivity contribution in [2.45, 2.75) is 57.9 Å². The maximum Gasteiger partial charge on any atom is 0.317 e. The fourth-order valence-corrected chi connectivity index (χ4v) is 4.22. The summed E-state index contributed by atoms with van der Waals surface area (Å²) in [5.41, 5.74) is 1.24. The number of hydrogen-bond donors (Lipinski definition) is 1. The topological polar surface area (TPSA) is 55.9 Å². The van der Waals surface area contributed by atoms with Crippen LogP contribution in [0.2, 0.25) is 0 Å². The van der Waals surface area contributed by atoms with Crippen molar-refractivity contribution in [3.05, 3.63) is 11.8 Å². The molecule has 0 aromatic rings. The van der Waals surface area contributed by atoms with Crippen LogP contribution in [0, 0.1) is 0 Å². The molecule has 140 valence electrons. The van der Waals surface area contributed by atoms with E-state index in [0.717, 1.165) is 64.8 Å². The number of nitrogens with zero attached hydrogens (tertiary/aromatic N) is 3. The number of rotatable bonds is 6. The van der Waals surface area contributed by atoms with Gasteiger partial charge in [-0.1, -0.05) is 13.0 Å². The number of piperidine rings is 1. The summed E-state index contributed by atoms with van der Waals surface area (Å²) in [5.74, 6) is 0.243. The summed E-state index contributed by atoms with van der Waals surface area (Å²) in [6.45, 7) is 6.86. The number of nitrogens with one attached hydrogen (secondary N) is 1. The predicted molar refractivity (Wildman–Crippen MR) is 98.1 cm³/mol. The van der Waals surface area contributed by atoms with E-state index in [4.69, 9.17) is 0 Å². The van der Waals surface area contributed by atoms with E-state index < -0.39 is 0 Å². The Morgan fingerprint density at radius 1 is 1.28 bits per heavy atom. The van der Waals surface area contributed by atoms with Crippen molar-refractivity contribution >= 4 is 11.9 Å². The van der Waals surface area contributed by atoms with Crippen molar-refractivity contribution < 1.29 is 9.59 Å². The quantitative estimate of drug-likeness (QED) is 0.800. The van der Waals surface area contributed by atoms with Crippen LogP contribution in [0.5, 0.6) is 0 Å². The number of hydrogen-bond acceptors (Lipinski definition) is 3. The molecule has 3 rings (SSSR count). The van der Waals surface area contributed by atoms with Crippen molar-refractivity contribution in [3.8, 4) is 0 Å².